The van der Waals surface area contributed by atoms with E-state index in [1.807, 2.05) is 6.92 Å². The van der Waals surface area contributed by atoms with Crippen LogP contribution in [0.2, 0.25) is 0 Å². The SMILES string of the molecule is CCOc1ccc(NC(=O)C(=O)N/N=C\c2ccc(O)c(OC)c2)cc1. The quantitative estimate of drug-likeness (QED) is 0.415. The van der Waals surface area contributed by atoms with Gasteiger partial charge in [0.05, 0.1) is 19.9 Å². The molecular weight excluding hydrogens is 338 g/mol. The lowest BCUT2D eigenvalue weighted by Gasteiger charge is -2.06. The smallest absolute Gasteiger partial charge is 0.329 e. The molecule has 136 valence electrons. The van der Waals surface area contributed by atoms with E-state index >= 15 is 0 Å². The lowest BCUT2D eigenvalue weighted by molar-refractivity contribution is -0.136. The Kier molecular flexibility index (Phi) is 6.55. The van der Waals surface area contributed by atoms with Crippen LogP contribution in [0.15, 0.2) is 47.6 Å². The monoisotopic (exact) mass is 357 g/mol. The molecule has 0 spiro atoms. The van der Waals surface area contributed by atoms with E-state index in [4.69, 9.17) is 9.47 Å². The number of nitrogens with one attached hydrogen (secondary N) is 2. The number of phenolic OH excluding ortho intramolecular Hbond substituents is 1. The highest BCUT2D eigenvalue weighted by molar-refractivity contribution is 6.39. The van der Waals surface area contributed by atoms with Gasteiger partial charge < -0.3 is 19.9 Å². The molecule has 2 aromatic carbocycles. The minimum atomic E-state index is -0.916. The van der Waals surface area contributed by atoms with E-state index < -0.39 is 11.8 Å². The van der Waals surface area contributed by atoms with Crippen molar-refractivity contribution < 1.29 is 24.2 Å². The molecule has 0 saturated heterocycles. The van der Waals surface area contributed by atoms with Crippen molar-refractivity contribution in [3.05, 3.63) is 48.0 Å². The Morgan fingerprint density at radius 2 is 1.88 bits per heavy atom. The van der Waals surface area contributed by atoms with Crippen molar-refractivity contribution in [2.45, 2.75) is 6.92 Å². The Balaban J connectivity index is 1.89. The van der Waals surface area contributed by atoms with Gasteiger partial charge in [0.1, 0.15) is 5.75 Å². The van der Waals surface area contributed by atoms with Crippen LogP contribution in [0.3, 0.4) is 0 Å². The Morgan fingerprint density at radius 3 is 2.54 bits per heavy atom. The molecule has 0 heterocycles. The van der Waals surface area contributed by atoms with Crippen LogP contribution in [-0.4, -0.2) is 36.9 Å². The second kappa shape index (κ2) is 9.07. The molecule has 26 heavy (non-hydrogen) atoms. The number of aromatic hydroxyl groups is 1. The van der Waals surface area contributed by atoms with Gasteiger partial charge in [0.25, 0.3) is 0 Å². The third-order valence-corrected chi connectivity index (χ3v) is 3.21. The summed E-state index contributed by atoms with van der Waals surface area (Å²) >= 11 is 0. The number of benzene rings is 2. The third kappa shape index (κ3) is 5.23. The van der Waals surface area contributed by atoms with Crippen LogP contribution in [0.4, 0.5) is 5.69 Å². The molecule has 8 heteroatoms. The Labute approximate surface area is 150 Å². The molecular formula is C18H19N3O5. The summed E-state index contributed by atoms with van der Waals surface area (Å²) in [7, 11) is 1.42. The second-order valence-corrected chi connectivity index (χ2v) is 5.04. The van der Waals surface area contributed by atoms with Crippen molar-refractivity contribution >= 4 is 23.7 Å². The lowest BCUT2D eigenvalue weighted by atomic mass is 10.2. The molecule has 0 radical (unpaired) electrons. The van der Waals surface area contributed by atoms with Gasteiger partial charge >= 0.3 is 11.8 Å². The van der Waals surface area contributed by atoms with Crippen LogP contribution >= 0.6 is 0 Å². The molecule has 8 nitrogen and oxygen atoms in total. The summed E-state index contributed by atoms with van der Waals surface area (Å²) in [6, 6.07) is 11.2. The Bertz CT molecular complexity index is 803. The van der Waals surface area contributed by atoms with Crippen molar-refractivity contribution in [3.63, 3.8) is 0 Å². The van der Waals surface area contributed by atoms with Gasteiger partial charge in [-0.25, -0.2) is 5.43 Å². The molecule has 0 saturated carbocycles. The zero-order valence-corrected chi connectivity index (χ0v) is 14.4. The van der Waals surface area contributed by atoms with Crippen molar-refractivity contribution in [2.75, 3.05) is 19.0 Å². The van der Waals surface area contributed by atoms with Crippen LogP contribution < -0.4 is 20.2 Å². The van der Waals surface area contributed by atoms with Gasteiger partial charge in [0.15, 0.2) is 11.5 Å². The van der Waals surface area contributed by atoms with Crippen LogP contribution in [0.25, 0.3) is 0 Å². The summed E-state index contributed by atoms with van der Waals surface area (Å²) in [5.74, 6) is -0.837. The summed E-state index contributed by atoms with van der Waals surface area (Å²) in [6.07, 6.45) is 1.32. The fourth-order valence-electron chi connectivity index (χ4n) is 1.98. The van der Waals surface area contributed by atoms with Gasteiger partial charge in [-0.3, -0.25) is 9.59 Å². The van der Waals surface area contributed by atoms with E-state index in [1.54, 1.807) is 30.3 Å². The number of rotatable bonds is 6. The summed E-state index contributed by atoms with van der Waals surface area (Å²) < 4.78 is 10.3. The third-order valence-electron chi connectivity index (χ3n) is 3.21. The topological polar surface area (TPSA) is 109 Å². The molecule has 2 amide bonds. The first-order valence-corrected chi connectivity index (χ1v) is 7.77. The normalized spacial score (nSPS) is 10.4. The van der Waals surface area contributed by atoms with Crippen molar-refractivity contribution in [3.8, 4) is 17.2 Å². The molecule has 0 aromatic heterocycles. The van der Waals surface area contributed by atoms with E-state index in [2.05, 4.69) is 15.8 Å². The number of phenols is 1. The number of nitrogens with zero attached hydrogens (tertiary/aromatic N) is 1. The van der Waals surface area contributed by atoms with Gasteiger partial charge in [-0.2, -0.15) is 5.10 Å². The number of anilines is 1. The van der Waals surface area contributed by atoms with Crippen molar-refractivity contribution in [2.24, 2.45) is 5.10 Å². The standard InChI is InChI=1S/C18H19N3O5/c1-3-26-14-7-5-13(6-8-14)20-17(23)18(24)21-19-11-12-4-9-15(22)16(10-12)25-2/h4-11,22H,3H2,1-2H3,(H,20,23)(H,21,24)/b19-11-. The van der Waals surface area contributed by atoms with Crippen LogP contribution in [-0.2, 0) is 9.59 Å². The maximum absolute atomic E-state index is 11.8. The van der Waals surface area contributed by atoms with Crippen LogP contribution in [0.1, 0.15) is 12.5 Å². The zero-order chi connectivity index (χ0) is 18.9. The number of hydrazone groups is 1. The maximum atomic E-state index is 11.8. The van der Waals surface area contributed by atoms with E-state index in [0.29, 0.717) is 23.6 Å². The lowest BCUT2D eigenvalue weighted by Crippen LogP contribution is -2.32. The summed E-state index contributed by atoms with van der Waals surface area (Å²) in [6.45, 7) is 2.41. The molecule has 2 aromatic rings. The Morgan fingerprint density at radius 1 is 1.15 bits per heavy atom. The number of methoxy groups -OCH3 is 1. The highest BCUT2D eigenvalue weighted by Crippen LogP contribution is 2.25. The molecule has 0 fully saturated rings. The molecule has 2 rings (SSSR count). The van der Waals surface area contributed by atoms with Crippen LogP contribution in [0, 0.1) is 0 Å². The number of carbonyl (C=O) groups is 2. The fraction of sp³-hybridized carbons (Fsp3) is 0.167. The van der Waals surface area contributed by atoms with E-state index in [1.165, 1.54) is 25.5 Å². The number of amides is 2. The molecule has 0 unspecified atom stereocenters. The minimum absolute atomic E-state index is 0.0107. The number of carbonyl (C=O) groups excluding carboxylic acids is 2. The van der Waals surface area contributed by atoms with Gasteiger partial charge in [0, 0.05) is 5.69 Å². The first-order chi connectivity index (χ1) is 12.5. The first kappa shape index (κ1) is 18.8. The number of hydrogen-bond acceptors (Lipinski definition) is 6. The zero-order valence-electron chi connectivity index (χ0n) is 14.4. The maximum Gasteiger partial charge on any atom is 0.329 e. The predicted octanol–water partition coefficient (Wildman–Crippen LogP) is 1.89. The van der Waals surface area contributed by atoms with Crippen LogP contribution in [0.5, 0.6) is 17.2 Å². The van der Waals surface area contributed by atoms with Crippen molar-refractivity contribution in [1.29, 1.82) is 0 Å². The van der Waals surface area contributed by atoms with E-state index in [9.17, 15) is 14.7 Å². The Hall–Kier alpha value is -3.55. The number of hydrogen-bond donors (Lipinski definition) is 3. The number of ether oxygens (including phenoxy) is 2. The molecule has 0 bridgehead atoms. The first-order valence-electron chi connectivity index (χ1n) is 7.77. The summed E-state index contributed by atoms with van der Waals surface area (Å²) in [4.78, 5) is 23.6. The van der Waals surface area contributed by atoms with Crippen molar-refractivity contribution in [1.82, 2.24) is 5.43 Å². The van der Waals surface area contributed by atoms with Gasteiger partial charge in [-0.05, 0) is 55.0 Å². The summed E-state index contributed by atoms with van der Waals surface area (Å²) in [5.41, 5.74) is 3.16. The average Bonchev–Trinajstić information content (AvgIpc) is 2.64. The molecule has 0 aliphatic heterocycles. The highest BCUT2D eigenvalue weighted by Gasteiger charge is 2.12. The van der Waals surface area contributed by atoms with E-state index in [0.717, 1.165) is 0 Å². The molecule has 0 aliphatic carbocycles. The molecule has 0 aliphatic rings. The molecule has 3 N–H and O–H groups in total. The predicted molar refractivity (Wildman–Crippen MR) is 96.6 cm³/mol. The molecule has 0 atom stereocenters. The highest BCUT2D eigenvalue weighted by atomic mass is 16.5. The average molecular weight is 357 g/mol. The second-order valence-electron chi connectivity index (χ2n) is 5.04. The largest absolute Gasteiger partial charge is 0.504 e. The van der Waals surface area contributed by atoms with Gasteiger partial charge in [-0.15, -0.1) is 0 Å². The minimum Gasteiger partial charge on any atom is -0.504 e. The van der Waals surface area contributed by atoms with Gasteiger partial charge in [-0.1, -0.05) is 0 Å². The summed E-state index contributed by atoms with van der Waals surface area (Å²) in [5, 5.41) is 15.7. The van der Waals surface area contributed by atoms with Gasteiger partial charge in [0.2, 0.25) is 0 Å². The fourth-order valence-corrected chi connectivity index (χ4v) is 1.98. The van der Waals surface area contributed by atoms with E-state index in [-0.39, 0.29) is 11.5 Å².